The van der Waals surface area contributed by atoms with Gasteiger partial charge in [0.05, 0.1) is 18.4 Å². The van der Waals surface area contributed by atoms with Gasteiger partial charge in [0.15, 0.2) is 0 Å². The van der Waals surface area contributed by atoms with Gasteiger partial charge < -0.3 is 5.32 Å². The normalized spacial score (nSPS) is 14.0. The molecule has 0 saturated heterocycles. The minimum absolute atomic E-state index is 0.789. The zero-order chi connectivity index (χ0) is 15.6. The van der Waals surface area contributed by atoms with Crippen molar-refractivity contribution in [3.63, 3.8) is 0 Å². The van der Waals surface area contributed by atoms with Crippen LogP contribution in [-0.2, 0) is 19.6 Å². The highest BCUT2D eigenvalue weighted by molar-refractivity contribution is 5.60. The first-order valence-corrected chi connectivity index (χ1v) is 7.90. The van der Waals surface area contributed by atoms with E-state index in [0.29, 0.717) is 0 Å². The van der Waals surface area contributed by atoms with E-state index >= 15 is 0 Å². The Morgan fingerprint density at radius 2 is 1.83 bits per heavy atom. The first-order chi connectivity index (χ1) is 11.3. The Morgan fingerprint density at radius 1 is 1.00 bits per heavy atom. The van der Waals surface area contributed by atoms with Crippen molar-refractivity contribution in [2.75, 3.05) is 12.4 Å². The van der Waals surface area contributed by atoms with Crippen molar-refractivity contribution in [3.05, 3.63) is 77.6 Å². The van der Waals surface area contributed by atoms with Crippen molar-refractivity contribution < 1.29 is 0 Å². The molecule has 4 heteroatoms. The second-order valence-electron chi connectivity index (χ2n) is 6.19. The highest BCUT2D eigenvalue weighted by atomic mass is 15.3. The molecule has 0 amide bonds. The second-order valence-corrected chi connectivity index (χ2v) is 6.19. The first-order valence-electron chi connectivity index (χ1n) is 7.90. The highest BCUT2D eigenvalue weighted by Crippen LogP contribution is 2.26. The van der Waals surface area contributed by atoms with E-state index in [4.69, 9.17) is 0 Å². The van der Waals surface area contributed by atoms with Gasteiger partial charge in [-0.15, -0.1) is 0 Å². The average molecular weight is 304 g/mol. The molecule has 0 radical (unpaired) electrons. The summed E-state index contributed by atoms with van der Waals surface area (Å²) >= 11 is 0. The van der Waals surface area contributed by atoms with Crippen molar-refractivity contribution in [1.82, 2.24) is 14.7 Å². The zero-order valence-electron chi connectivity index (χ0n) is 13.2. The Hall–Kier alpha value is -2.59. The van der Waals surface area contributed by atoms with Crippen molar-refractivity contribution in [2.45, 2.75) is 19.6 Å². The lowest BCUT2D eigenvalue weighted by Gasteiger charge is -2.06. The van der Waals surface area contributed by atoms with Gasteiger partial charge in [-0.25, -0.2) is 0 Å². The smallest absolute Gasteiger partial charge is 0.0770 e. The Morgan fingerprint density at radius 3 is 2.70 bits per heavy atom. The van der Waals surface area contributed by atoms with Crippen LogP contribution in [-0.4, -0.2) is 21.7 Å². The monoisotopic (exact) mass is 304 g/mol. The quantitative estimate of drug-likeness (QED) is 0.799. The Kier molecular flexibility index (Phi) is 3.60. The van der Waals surface area contributed by atoms with Crippen LogP contribution in [0.25, 0.3) is 0 Å². The number of fused-ring (bicyclic) bond motifs is 1. The summed E-state index contributed by atoms with van der Waals surface area (Å²) in [4.78, 5) is 2.33. The summed E-state index contributed by atoms with van der Waals surface area (Å²) in [6, 6.07) is 17.0. The summed E-state index contributed by atoms with van der Waals surface area (Å²) in [7, 11) is 2.15. The molecule has 116 valence electrons. The van der Waals surface area contributed by atoms with Crippen LogP contribution in [0.2, 0.25) is 0 Å². The molecule has 0 fully saturated rings. The molecule has 1 N–H and O–H groups in total. The molecule has 0 atom stereocenters. The van der Waals surface area contributed by atoms with E-state index in [1.807, 2.05) is 23.1 Å². The van der Waals surface area contributed by atoms with Crippen molar-refractivity contribution >= 4 is 11.4 Å². The number of nitrogens with one attached hydrogen (secondary N) is 1. The molecule has 1 aliphatic rings. The minimum atomic E-state index is 0.789. The molecule has 2 heterocycles. The van der Waals surface area contributed by atoms with Crippen LogP contribution in [0.3, 0.4) is 0 Å². The van der Waals surface area contributed by atoms with Crippen LogP contribution < -0.4 is 5.32 Å². The number of anilines is 2. The maximum atomic E-state index is 4.44. The molecular weight excluding hydrogens is 284 g/mol. The molecule has 0 unspecified atom stereocenters. The van der Waals surface area contributed by atoms with E-state index in [9.17, 15) is 0 Å². The van der Waals surface area contributed by atoms with Crippen molar-refractivity contribution in [1.29, 1.82) is 0 Å². The largest absolute Gasteiger partial charge is 0.353 e. The lowest BCUT2D eigenvalue weighted by Crippen LogP contribution is -2.07. The number of hydrogen-bond donors (Lipinski definition) is 1. The van der Waals surface area contributed by atoms with Gasteiger partial charge >= 0.3 is 0 Å². The van der Waals surface area contributed by atoms with Gasteiger partial charge in [-0.3, -0.25) is 9.58 Å². The van der Waals surface area contributed by atoms with Gasteiger partial charge in [-0.1, -0.05) is 36.4 Å². The van der Waals surface area contributed by atoms with E-state index in [1.54, 1.807) is 0 Å². The van der Waals surface area contributed by atoms with E-state index in [0.717, 1.165) is 31.0 Å². The molecule has 1 aliphatic heterocycles. The van der Waals surface area contributed by atoms with Gasteiger partial charge in [0.25, 0.3) is 0 Å². The van der Waals surface area contributed by atoms with E-state index < -0.39 is 0 Å². The lowest BCUT2D eigenvalue weighted by molar-refractivity contribution is 0.353. The molecule has 23 heavy (non-hydrogen) atoms. The Balaban J connectivity index is 1.47. The molecule has 4 nitrogen and oxygen atoms in total. The van der Waals surface area contributed by atoms with Crippen LogP contribution in [0.5, 0.6) is 0 Å². The van der Waals surface area contributed by atoms with Gasteiger partial charge in [0.1, 0.15) is 0 Å². The van der Waals surface area contributed by atoms with E-state index in [-0.39, 0.29) is 0 Å². The number of rotatable bonds is 4. The zero-order valence-corrected chi connectivity index (χ0v) is 13.2. The fourth-order valence-electron chi connectivity index (χ4n) is 3.09. The number of aromatic nitrogens is 2. The third-order valence-corrected chi connectivity index (χ3v) is 4.20. The van der Waals surface area contributed by atoms with Crippen LogP contribution in [0.4, 0.5) is 11.4 Å². The summed E-state index contributed by atoms with van der Waals surface area (Å²) in [6.45, 7) is 2.86. The number of hydrogen-bond acceptors (Lipinski definition) is 3. The maximum absolute atomic E-state index is 4.44. The van der Waals surface area contributed by atoms with Gasteiger partial charge in [-0.05, 0) is 35.9 Å². The topological polar surface area (TPSA) is 33.1 Å². The van der Waals surface area contributed by atoms with Crippen LogP contribution in [0, 0.1) is 0 Å². The predicted molar refractivity (Wildman–Crippen MR) is 92.7 cm³/mol. The van der Waals surface area contributed by atoms with E-state index in [2.05, 4.69) is 64.8 Å². The van der Waals surface area contributed by atoms with Gasteiger partial charge in [0, 0.05) is 25.0 Å². The molecule has 2 aromatic carbocycles. The van der Waals surface area contributed by atoms with Crippen LogP contribution in [0.15, 0.2) is 60.9 Å². The van der Waals surface area contributed by atoms with Gasteiger partial charge in [-0.2, -0.15) is 5.10 Å². The molecule has 4 rings (SSSR count). The highest BCUT2D eigenvalue weighted by Gasteiger charge is 2.15. The minimum Gasteiger partial charge on any atom is -0.353 e. The average Bonchev–Trinajstić information content (AvgIpc) is 3.13. The third kappa shape index (κ3) is 3.12. The molecule has 3 aromatic rings. The summed E-state index contributed by atoms with van der Waals surface area (Å²) in [6.07, 6.45) is 3.93. The van der Waals surface area contributed by atoms with Crippen molar-refractivity contribution in [3.8, 4) is 0 Å². The SMILES string of the molecule is CN1Cc2ccc(Nc3cnn(Cc4ccccc4)c3)cc2C1. The first kappa shape index (κ1) is 14.0. The number of benzene rings is 2. The molecule has 0 bridgehead atoms. The molecule has 1 aromatic heterocycles. The third-order valence-electron chi connectivity index (χ3n) is 4.20. The summed E-state index contributed by atoms with van der Waals surface area (Å²) in [5.74, 6) is 0. The summed E-state index contributed by atoms with van der Waals surface area (Å²) in [5.41, 5.74) is 6.24. The second kappa shape index (κ2) is 5.89. The molecular formula is C19H20N4. The van der Waals surface area contributed by atoms with E-state index in [1.165, 1.54) is 16.7 Å². The fourth-order valence-corrected chi connectivity index (χ4v) is 3.09. The molecule has 0 spiro atoms. The summed E-state index contributed by atoms with van der Waals surface area (Å²) in [5, 5.41) is 7.89. The predicted octanol–water partition coefficient (Wildman–Crippen LogP) is 3.62. The van der Waals surface area contributed by atoms with Gasteiger partial charge in [0.2, 0.25) is 0 Å². The maximum Gasteiger partial charge on any atom is 0.0770 e. The number of nitrogens with zero attached hydrogens (tertiary/aromatic N) is 3. The Bertz CT molecular complexity index is 807. The van der Waals surface area contributed by atoms with Crippen molar-refractivity contribution in [2.24, 2.45) is 0 Å². The molecule has 0 saturated carbocycles. The molecule has 0 aliphatic carbocycles. The summed E-state index contributed by atoms with van der Waals surface area (Å²) < 4.78 is 1.96. The van der Waals surface area contributed by atoms with Crippen LogP contribution in [0.1, 0.15) is 16.7 Å². The van der Waals surface area contributed by atoms with Crippen LogP contribution >= 0.6 is 0 Å². The standard InChI is InChI=1S/C19H20N4/c1-22-12-16-7-8-18(9-17(16)13-22)21-19-10-20-23(14-19)11-15-5-3-2-4-6-15/h2-10,14,21H,11-13H2,1H3. The Labute approximate surface area is 136 Å². The lowest BCUT2D eigenvalue weighted by atomic mass is 10.1. The fraction of sp³-hybridized carbons (Fsp3) is 0.211.